The maximum atomic E-state index is 12.9. The lowest BCUT2D eigenvalue weighted by Crippen LogP contribution is -2.24. The third-order valence-electron chi connectivity index (χ3n) is 3.22. The van der Waals surface area contributed by atoms with E-state index in [9.17, 15) is 14.0 Å². The van der Waals surface area contributed by atoms with Crippen molar-refractivity contribution in [3.8, 4) is 0 Å². The van der Waals surface area contributed by atoms with Crippen LogP contribution < -0.4 is 10.6 Å². The van der Waals surface area contributed by atoms with Crippen LogP contribution in [0.3, 0.4) is 0 Å². The summed E-state index contributed by atoms with van der Waals surface area (Å²) in [6.07, 6.45) is 1.66. The predicted molar refractivity (Wildman–Crippen MR) is 101 cm³/mol. The number of carbonyl (C=O) groups excluding carboxylic acids is 2. The lowest BCUT2D eigenvalue weighted by Gasteiger charge is -2.03. The van der Waals surface area contributed by atoms with Gasteiger partial charge in [0, 0.05) is 11.9 Å². The minimum atomic E-state index is -0.439. The number of thioether (sulfide) groups is 1. The minimum Gasteiger partial charge on any atom is -0.350 e. The van der Waals surface area contributed by atoms with Gasteiger partial charge in [0.15, 0.2) is 4.34 Å². The molecule has 2 aromatic heterocycles. The Hall–Kier alpha value is -2.85. The van der Waals surface area contributed by atoms with Crippen LogP contribution in [0.15, 0.2) is 53.0 Å². The molecule has 0 spiro atoms. The highest BCUT2D eigenvalue weighted by Crippen LogP contribution is 2.23. The molecular weight excluding hydrogens is 389 g/mol. The number of hydrogen-bond acceptors (Lipinski definition) is 7. The van der Waals surface area contributed by atoms with Gasteiger partial charge in [0.1, 0.15) is 5.82 Å². The van der Waals surface area contributed by atoms with Crippen LogP contribution in [0.4, 0.5) is 10.1 Å². The highest BCUT2D eigenvalue weighted by atomic mass is 32.2. The Bertz CT molecular complexity index is 919. The average Bonchev–Trinajstić information content (AvgIpc) is 3.16. The summed E-state index contributed by atoms with van der Waals surface area (Å²) in [5.41, 5.74) is 1.23. The van der Waals surface area contributed by atoms with Gasteiger partial charge in [0.05, 0.1) is 18.0 Å². The molecule has 2 heterocycles. The topological polar surface area (TPSA) is 96.9 Å². The van der Waals surface area contributed by atoms with Crippen molar-refractivity contribution in [1.29, 1.82) is 0 Å². The Labute approximate surface area is 162 Å². The highest BCUT2D eigenvalue weighted by molar-refractivity contribution is 8.01. The summed E-state index contributed by atoms with van der Waals surface area (Å²) in [7, 11) is 0. The van der Waals surface area contributed by atoms with Gasteiger partial charge in [-0.05, 0) is 36.4 Å². The van der Waals surface area contributed by atoms with E-state index in [0.717, 1.165) is 17.0 Å². The van der Waals surface area contributed by atoms with Gasteiger partial charge in [0.2, 0.25) is 10.9 Å². The zero-order chi connectivity index (χ0) is 19.1. The second-order valence-electron chi connectivity index (χ2n) is 5.22. The molecule has 0 saturated carbocycles. The fraction of sp³-hybridized carbons (Fsp3) is 0.118. The van der Waals surface area contributed by atoms with Crippen LogP contribution in [0.1, 0.15) is 15.5 Å². The first-order valence-corrected chi connectivity index (χ1v) is 9.60. The van der Waals surface area contributed by atoms with E-state index in [0.29, 0.717) is 16.6 Å². The quantitative estimate of drug-likeness (QED) is 0.589. The molecule has 0 atom stereocenters. The number of amides is 2. The number of nitrogens with one attached hydrogen (secondary N) is 2. The molecule has 2 amide bonds. The molecule has 3 aromatic rings. The molecule has 3 rings (SSSR count). The minimum absolute atomic E-state index is 0.154. The van der Waals surface area contributed by atoms with Crippen molar-refractivity contribution in [3.63, 3.8) is 0 Å². The molecule has 0 saturated heterocycles. The Balaban J connectivity index is 1.46. The summed E-state index contributed by atoms with van der Waals surface area (Å²) < 4.78 is 13.4. The van der Waals surface area contributed by atoms with Crippen molar-refractivity contribution < 1.29 is 14.0 Å². The van der Waals surface area contributed by atoms with Gasteiger partial charge in [-0.2, -0.15) is 0 Å². The standard InChI is InChI=1S/C17H14FN5O2S2/c18-11-4-6-12(7-5-11)21-15(25)16-22-23-17(27-16)26-10-14(24)20-9-13-3-1-2-8-19-13/h1-8H,9-10H2,(H,20,24)(H,21,25). The van der Waals surface area contributed by atoms with Crippen LogP contribution in [-0.2, 0) is 11.3 Å². The molecule has 138 valence electrons. The van der Waals surface area contributed by atoms with Gasteiger partial charge in [-0.25, -0.2) is 4.39 Å². The van der Waals surface area contributed by atoms with Gasteiger partial charge in [-0.15, -0.1) is 10.2 Å². The van der Waals surface area contributed by atoms with Crippen molar-refractivity contribution in [1.82, 2.24) is 20.5 Å². The zero-order valence-electron chi connectivity index (χ0n) is 13.9. The van der Waals surface area contributed by atoms with E-state index >= 15 is 0 Å². The van der Waals surface area contributed by atoms with Crippen LogP contribution in [0.25, 0.3) is 0 Å². The first-order chi connectivity index (χ1) is 13.1. The van der Waals surface area contributed by atoms with Gasteiger partial charge < -0.3 is 10.6 Å². The summed E-state index contributed by atoms with van der Waals surface area (Å²) in [5.74, 6) is -0.839. The molecule has 2 N–H and O–H groups in total. The van der Waals surface area contributed by atoms with Gasteiger partial charge in [-0.3, -0.25) is 14.6 Å². The monoisotopic (exact) mass is 403 g/mol. The molecule has 1 aromatic carbocycles. The predicted octanol–water partition coefficient (Wildman–Crippen LogP) is 2.73. The number of anilines is 1. The van der Waals surface area contributed by atoms with Crippen molar-refractivity contribution in [2.24, 2.45) is 0 Å². The highest BCUT2D eigenvalue weighted by Gasteiger charge is 2.14. The second kappa shape index (κ2) is 9.19. The summed E-state index contributed by atoms with van der Waals surface area (Å²) in [5, 5.41) is 13.3. The molecule has 10 heteroatoms. The Morgan fingerprint density at radius 2 is 1.93 bits per heavy atom. The van der Waals surface area contributed by atoms with Crippen molar-refractivity contribution >= 4 is 40.6 Å². The van der Waals surface area contributed by atoms with E-state index in [1.165, 1.54) is 36.0 Å². The molecule has 0 radical (unpaired) electrons. The first-order valence-electron chi connectivity index (χ1n) is 7.80. The third kappa shape index (κ3) is 5.83. The van der Waals surface area contributed by atoms with E-state index in [1.807, 2.05) is 12.1 Å². The van der Waals surface area contributed by atoms with E-state index < -0.39 is 5.91 Å². The van der Waals surface area contributed by atoms with E-state index in [1.54, 1.807) is 12.3 Å². The Kier molecular flexibility index (Phi) is 6.44. The normalized spacial score (nSPS) is 10.4. The van der Waals surface area contributed by atoms with Crippen LogP contribution in [0.5, 0.6) is 0 Å². The Morgan fingerprint density at radius 1 is 1.11 bits per heavy atom. The van der Waals surface area contributed by atoms with E-state index in [2.05, 4.69) is 25.8 Å². The molecule has 0 fully saturated rings. The summed E-state index contributed by atoms with van der Waals surface area (Å²) in [6, 6.07) is 10.9. The summed E-state index contributed by atoms with van der Waals surface area (Å²) >= 11 is 2.28. The average molecular weight is 403 g/mol. The van der Waals surface area contributed by atoms with Crippen LogP contribution in [0, 0.1) is 5.82 Å². The first kappa shape index (κ1) is 18.9. The molecule has 0 aliphatic carbocycles. The van der Waals surface area contributed by atoms with E-state index in [-0.39, 0.29) is 22.5 Å². The molecule has 0 aliphatic heterocycles. The number of benzene rings is 1. The molecular formula is C17H14FN5O2S2. The number of nitrogens with zero attached hydrogens (tertiary/aromatic N) is 3. The lowest BCUT2D eigenvalue weighted by atomic mass is 10.3. The summed E-state index contributed by atoms with van der Waals surface area (Å²) in [4.78, 5) is 28.1. The van der Waals surface area contributed by atoms with Crippen molar-refractivity contribution in [2.45, 2.75) is 10.9 Å². The molecule has 0 bridgehead atoms. The third-order valence-corrected chi connectivity index (χ3v) is 5.28. The van der Waals surface area contributed by atoms with Crippen molar-refractivity contribution in [3.05, 3.63) is 65.2 Å². The molecule has 0 aliphatic rings. The van der Waals surface area contributed by atoms with Crippen molar-refractivity contribution in [2.75, 3.05) is 11.1 Å². The number of halogens is 1. The fourth-order valence-corrected chi connectivity index (χ4v) is 3.52. The maximum absolute atomic E-state index is 12.9. The SMILES string of the molecule is O=C(CSc1nnc(C(=O)Nc2ccc(F)cc2)s1)NCc1ccccn1. The molecule has 27 heavy (non-hydrogen) atoms. The van der Waals surface area contributed by atoms with Crippen LogP contribution in [0.2, 0.25) is 0 Å². The number of pyridine rings is 1. The number of hydrogen-bond donors (Lipinski definition) is 2. The lowest BCUT2D eigenvalue weighted by molar-refractivity contribution is -0.118. The summed E-state index contributed by atoms with van der Waals surface area (Å²) in [6.45, 7) is 0.349. The Morgan fingerprint density at radius 3 is 2.67 bits per heavy atom. The maximum Gasteiger partial charge on any atom is 0.286 e. The second-order valence-corrected chi connectivity index (χ2v) is 7.42. The fourth-order valence-electron chi connectivity index (χ4n) is 1.95. The van der Waals surface area contributed by atoms with Gasteiger partial charge >= 0.3 is 0 Å². The molecule has 7 nitrogen and oxygen atoms in total. The van der Waals surface area contributed by atoms with Gasteiger partial charge in [-0.1, -0.05) is 29.2 Å². The molecule has 0 unspecified atom stereocenters. The largest absolute Gasteiger partial charge is 0.350 e. The van der Waals surface area contributed by atoms with Crippen LogP contribution >= 0.6 is 23.1 Å². The number of carbonyl (C=O) groups is 2. The number of aromatic nitrogens is 3. The van der Waals surface area contributed by atoms with E-state index in [4.69, 9.17) is 0 Å². The van der Waals surface area contributed by atoms with Crippen LogP contribution in [-0.4, -0.2) is 32.7 Å². The van der Waals surface area contributed by atoms with Gasteiger partial charge in [0.25, 0.3) is 5.91 Å². The smallest absolute Gasteiger partial charge is 0.286 e. The zero-order valence-corrected chi connectivity index (χ0v) is 15.5. The number of rotatable bonds is 7.